The standard InChI is InChI=1S/C17H25BN2O2/c1-7-10-20-12(2)19-14-9-8-13(11-15(14)20)18-21-16(3,4)17(5,6)22-18/h8-9,11H,7,10H2,1-6H3. The predicted octanol–water partition coefficient (Wildman–Crippen LogP) is 3.05. The van der Waals surface area contributed by atoms with E-state index in [0.717, 1.165) is 35.3 Å². The van der Waals surface area contributed by atoms with Crippen LogP contribution in [0, 0.1) is 6.92 Å². The molecule has 1 aromatic carbocycles. The summed E-state index contributed by atoms with van der Waals surface area (Å²) in [7, 11) is -0.320. The Balaban J connectivity index is 2.01. The van der Waals surface area contributed by atoms with Gasteiger partial charge in [0.15, 0.2) is 0 Å². The van der Waals surface area contributed by atoms with Crippen LogP contribution >= 0.6 is 0 Å². The molecule has 2 aromatic rings. The third-order valence-electron chi connectivity index (χ3n) is 4.94. The predicted molar refractivity (Wildman–Crippen MR) is 90.5 cm³/mol. The molecule has 0 N–H and O–H groups in total. The van der Waals surface area contributed by atoms with Gasteiger partial charge in [0.2, 0.25) is 0 Å². The summed E-state index contributed by atoms with van der Waals surface area (Å²) in [5.74, 6) is 1.06. The monoisotopic (exact) mass is 300 g/mol. The zero-order valence-corrected chi connectivity index (χ0v) is 14.4. The molecule has 3 rings (SSSR count). The van der Waals surface area contributed by atoms with Crippen molar-refractivity contribution in [2.24, 2.45) is 0 Å². The molecule has 2 heterocycles. The first-order valence-electron chi connectivity index (χ1n) is 8.07. The van der Waals surface area contributed by atoms with Crippen molar-refractivity contribution in [1.29, 1.82) is 0 Å². The highest BCUT2D eigenvalue weighted by Gasteiger charge is 2.51. The molecule has 0 amide bonds. The van der Waals surface area contributed by atoms with E-state index in [4.69, 9.17) is 9.31 Å². The summed E-state index contributed by atoms with van der Waals surface area (Å²) < 4.78 is 14.6. The molecule has 0 saturated carbocycles. The van der Waals surface area contributed by atoms with E-state index in [1.807, 2.05) is 0 Å². The Morgan fingerprint density at radius 2 is 1.77 bits per heavy atom. The van der Waals surface area contributed by atoms with Crippen molar-refractivity contribution in [2.45, 2.75) is 65.7 Å². The molecule has 1 aliphatic rings. The molecule has 0 unspecified atom stereocenters. The van der Waals surface area contributed by atoms with Gasteiger partial charge < -0.3 is 13.9 Å². The van der Waals surface area contributed by atoms with E-state index in [1.54, 1.807) is 0 Å². The molecule has 1 fully saturated rings. The molecule has 1 aliphatic heterocycles. The van der Waals surface area contributed by atoms with Crippen molar-refractivity contribution in [3.05, 3.63) is 24.0 Å². The molecular weight excluding hydrogens is 275 g/mol. The quantitative estimate of drug-likeness (QED) is 0.817. The van der Waals surface area contributed by atoms with Gasteiger partial charge in [0.1, 0.15) is 5.82 Å². The van der Waals surface area contributed by atoms with Gasteiger partial charge in [-0.05, 0) is 58.6 Å². The Kier molecular flexibility index (Phi) is 3.61. The van der Waals surface area contributed by atoms with Gasteiger partial charge in [-0.2, -0.15) is 0 Å². The van der Waals surface area contributed by atoms with Gasteiger partial charge in [0.25, 0.3) is 0 Å². The van der Waals surface area contributed by atoms with Crippen LogP contribution in [0.2, 0.25) is 0 Å². The van der Waals surface area contributed by atoms with Crippen LogP contribution in [0.1, 0.15) is 46.9 Å². The van der Waals surface area contributed by atoms with Crippen LogP contribution in [0.15, 0.2) is 18.2 Å². The van der Waals surface area contributed by atoms with Crippen LogP contribution in [0.4, 0.5) is 0 Å². The number of aryl methyl sites for hydroxylation is 2. The summed E-state index contributed by atoms with van der Waals surface area (Å²) in [6, 6.07) is 6.29. The summed E-state index contributed by atoms with van der Waals surface area (Å²) >= 11 is 0. The van der Waals surface area contributed by atoms with Gasteiger partial charge in [-0.15, -0.1) is 0 Å². The van der Waals surface area contributed by atoms with E-state index in [-0.39, 0.29) is 18.3 Å². The average Bonchev–Trinajstić information content (AvgIpc) is 2.84. The normalized spacial score (nSPS) is 20.0. The number of benzene rings is 1. The summed E-state index contributed by atoms with van der Waals surface area (Å²) in [4.78, 5) is 4.64. The Hall–Kier alpha value is -1.33. The lowest BCUT2D eigenvalue weighted by Gasteiger charge is -2.32. The van der Waals surface area contributed by atoms with Crippen LogP contribution in [-0.4, -0.2) is 27.9 Å². The maximum absolute atomic E-state index is 6.15. The largest absolute Gasteiger partial charge is 0.494 e. The maximum Gasteiger partial charge on any atom is 0.494 e. The van der Waals surface area contributed by atoms with Crippen LogP contribution in [0.25, 0.3) is 11.0 Å². The highest BCUT2D eigenvalue weighted by atomic mass is 16.7. The van der Waals surface area contributed by atoms with Gasteiger partial charge in [-0.1, -0.05) is 13.0 Å². The fourth-order valence-corrected chi connectivity index (χ4v) is 2.89. The SMILES string of the molecule is CCCn1c(C)nc2ccc(B3OC(C)(C)C(C)(C)O3)cc21. The van der Waals surface area contributed by atoms with Crippen molar-refractivity contribution in [2.75, 3.05) is 0 Å². The number of aromatic nitrogens is 2. The fourth-order valence-electron chi connectivity index (χ4n) is 2.89. The van der Waals surface area contributed by atoms with Gasteiger partial charge in [-0.25, -0.2) is 4.98 Å². The Morgan fingerprint density at radius 1 is 1.14 bits per heavy atom. The van der Waals surface area contributed by atoms with E-state index in [9.17, 15) is 0 Å². The average molecular weight is 300 g/mol. The molecule has 0 aliphatic carbocycles. The van der Waals surface area contributed by atoms with E-state index in [0.29, 0.717) is 0 Å². The Labute approximate surface area is 133 Å². The molecule has 0 bridgehead atoms. The van der Waals surface area contributed by atoms with Crippen molar-refractivity contribution in [3.63, 3.8) is 0 Å². The van der Waals surface area contributed by atoms with E-state index >= 15 is 0 Å². The zero-order chi connectivity index (χ0) is 16.1. The second-order valence-corrected chi connectivity index (χ2v) is 7.15. The lowest BCUT2D eigenvalue weighted by molar-refractivity contribution is 0.00578. The zero-order valence-electron chi connectivity index (χ0n) is 14.4. The van der Waals surface area contributed by atoms with Gasteiger partial charge >= 0.3 is 7.12 Å². The lowest BCUT2D eigenvalue weighted by atomic mass is 9.79. The second kappa shape index (κ2) is 5.10. The third-order valence-corrected chi connectivity index (χ3v) is 4.94. The molecule has 1 aromatic heterocycles. The minimum Gasteiger partial charge on any atom is -0.399 e. The minimum atomic E-state index is -0.320. The van der Waals surface area contributed by atoms with Gasteiger partial charge in [-0.3, -0.25) is 0 Å². The summed E-state index contributed by atoms with van der Waals surface area (Å²) in [6.45, 7) is 13.5. The van der Waals surface area contributed by atoms with E-state index in [1.165, 1.54) is 0 Å². The first-order valence-corrected chi connectivity index (χ1v) is 8.07. The van der Waals surface area contributed by atoms with Crippen molar-refractivity contribution < 1.29 is 9.31 Å². The summed E-state index contributed by atoms with van der Waals surface area (Å²) in [5, 5.41) is 0. The molecule has 0 radical (unpaired) electrons. The van der Waals surface area contributed by atoms with Gasteiger partial charge in [0, 0.05) is 6.54 Å². The highest BCUT2D eigenvalue weighted by molar-refractivity contribution is 6.62. The number of fused-ring (bicyclic) bond motifs is 1. The number of nitrogens with zero attached hydrogens (tertiary/aromatic N) is 2. The van der Waals surface area contributed by atoms with E-state index in [2.05, 4.69) is 69.3 Å². The molecule has 0 atom stereocenters. The first-order chi connectivity index (χ1) is 10.2. The molecular formula is C17H25BN2O2. The van der Waals surface area contributed by atoms with Crippen molar-refractivity contribution >= 4 is 23.6 Å². The number of imidazole rings is 1. The topological polar surface area (TPSA) is 36.3 Å². The third kappa shape index (κ3) is 2.36. The molecule has 4 nitrogen and oxygen atoms in total. The Bertz CT molecular complexity index is 690. The molecule has 22 heavy (non-hydrogen) atoms. The fraction of sp³-hybridized carbons (Fsp3) is 0.588. The molecule has 1 saturated heterocycles. The second-order valence-electron chi connectivity index (χ2n) is 7.15. The summed E-state index contributed by atoms with van der Waals surface area (Å²) in [6.07, 6.45) is 1.09. The molecule has 118 valence electrons. The van der Waals surface area contributed by atoms with Crippen LogP contribution in [-0.2, 0) is 15.9 Å². The van der Waals surface area contributed by atoms with Crippen LogP contribution in [0.5, 0.6) is 0 Å². The lowest BCUT2D eigenvalue weighted by Crippen LogP contribution is -2.41. The van der Waals surface area contributed by atoms with Crippen LogP contribution in [0.3, 0.4) is 0 Å². The molecule has 5 heteroatoms. The highest BCUT2D eigenvalue weighted by Crippen LogP contribution is 2.36. The van der Waals surface area contributed by atoms with Crippen molar-refractivity contribution in [1.82, 2.24) is 9.55 Å². The first kappa shape index (κ1) is 15.6. The van der Waals surface area contributed by atoms with E-state index < -0.39 is 0 Å². The molecule has 0 spiro atoms. The number of hydrogen-bond donors (Lipinski definition) is 0. The minimum absolute atomic E-state index is 0.313. The van der Waals surface area contributed by atoms with Crippen molar-refractivity contribution in [3.8, 4) is 0 Å². The number of hydrogen-bond acceptors (Lipinski definition) is 3. The maximum atomic E-state index is 6.15. The smallest absolute Gasteiger partial charge is 0.399 e. The van der Waals surface area contributed by atoms with Gasteiger partial charge in [0.05, 0.1) is 22.2 Å². The van der Waals surface area contributed by atoms with Crippen LogP contribution < -0.4 is 5.46 Å². The number of rotatable bonds is 3. The Morgan fingerprint density at radius 3 is 2.36 bits per heavy atom. The summed E-state index contributed by atoms with van der Waals surface area (Å²) in [5.41, 5.74) is 2.62.